The summed E-state index contributed by atoms with van der Waals surface area (Å²) in [5.74, 6) is -0.924. The SMILES string of the molecule is CCc1nnsc1C(=O)OCC(=O)N[C@@H](C)c1ccc(Br)cc1. The van der Waals surface area contributed by atoms with Crippen molar-refractivity contribution >= 4 is 39.3 Å². The van der Waals surface area contributed by atoms with Crippen molar-refractivity contribution in [3.8, 4) is 0 Å². The zero-order valence-electron chi connectivity index (χ0n) is 12.7. The lowest BCUT2D eigenvalue weighted by Crippen LogP contribution is -2.31. The summed E-state index contributed by atoms with van der Waals surface area (Å²) in [5, 5.41) is 6.63. The van der Waals surface area contributed by atoms with Crippen LogP contribution in [0.15, 0.2) is 28.7 Å². The first-order valence-corrected chi connectivity index (χ1v) is 8.61. The number of nitrogens with zero attached hydrogens (tertiary/aromatic N) is 2. The Kier molecular flexibility index (Phi) is 6.23. The molecule has 0 unspecified atom stereocenters. The summed E-state index contributed by atoms with van der Waals surface area (Å²) in [7, 11) is 0. The van der Waals surface area contributed by atoms with Crippen LogP contribution in [0.1, 0.15) is 40.8 Å². The van der Waals surface area contributed by atoms with E-state index in [1.54, 1.807) is 0 Å². The van der Waals surface area contributed by atoms with Crippen LogP contribution >= 0.6 is 27.5 Å². The molecule has 0 spiro atoms. The Morgan fingerprint density at radius 3 is 2.70 bits per heavy atom. The van der Waals surface area contributed by atoms with Crippen molar-refractivity contribution < 1.29 is 14.3 Å². The van der Waals surface area contributed by atoms with Gasteiger partial charge in [0, 0.05) is 4.47 Å². The van der Waals surface area contributed by atoms with Gasteiger partial charge in [-0.15, -0.1) is 5.10 Å². The van der Waals surface area contributed by atoms with E-state index in [4.69, 9.17) is 4.74 Å². The highest BCUT2D eigenvalue weighted by Gasteiger charge is 2.18. The number of esters is 1. The Balaban J connectivity index is 1.85. The van der Waals surface area contributed by atoms with E-state index in [0.29, 0.717) is 17.0 Å². The lowest BCUT2D eigenvalue weighted by molar-refractivity contribution is -0.124. The highest BCUT2D eigenvalue weighted by atomic mass is 79.9. The van der Waals surface area contributed by atoms with Gasteiger partial charge >= 0.3 is 5.97 Å². The number of carbonyl (C=O) groups excluding carboxylic acids is 2. The van der Waals surface area contributed by atoms with Crippen LogP contribution in [0.3, 0.4) is 0 Å². The van der Waals surface area contributed by atoms with Gasteiger partial charge in [0.25, 0.3) is 5.91 Å². The van der Waals surface area contributed by atoms with Gasteiger partial charge < -0.3 is 10.1 Å². The minimum absolute atomic E-state index is 0.175. The fourth-order valence-corrected chi connectivity index (χ4v) is 2.82. The Bertz CT molecular complexity index is 688. The molecule has 122 valence electrons. The highest BCUT2D eigenvalue weighted by molar-refractivity contribution is 9.10. The first-order valence-electron chi connectivity index (χ1n) is 7.04. The van der Waals surface area contributed by atoms with Crippen LogP contribution in [0.25, 0.3) is 0 Å². The van der Waals surface area contributed by atoms with Crippen LogP contribution in [0.2, 0.25) is 0 Å². The molecule has 1 atom stereocenters. The van der Waals surface area contributed by atoms with Crippen LogP contribution in [0.5, 0.6) is 0 Å². The normalized spacial score (nSPS) is 11.8. The largest absolute Gasteiger partial charge is 0.451 e. The summed E-state index contributed by atoms with van der Waals surface area (Å²) in [6, 6.07) is 7.46. The zero-order chi connectivity index (χ0) is 16.8. The van der Waals surface area contributed by atoms with Gasteiger partial charge in [-0.1, -0.05) is 39.5 Å². The van der Waals surface area contributed by atoms with Crippen LogP contribution in [0, 0.1) is 0 Å². The van der Waals surface area contributed by atoms with Gasteiger partial charge in [0.15, 0.2) is 11.5 Å². The molecule has 2 aromatic rings. The van der Waals surface area contributed by atoms with Gasteiger partial charge in [-0.05, 0) is 42.6 Å². The molecule has 6 nitrogen and oxygen atoms in total. The van der Waals surface area contributed by atoms with E-state index >= 15 is 0 Å². The molecule has 1 N–H and O–H groups in total. The molecule has 1 aromatic heterocycles. The zero-order valence-corrected chi connectivity index (χ0v) is 15.1. The van der Waals surface area contributed by atoms with E-state index in [2.05, 4.69) is 30.8 Å². The molecule has 8 heteroatoms. The number of amides is 1. The molecule has 2 rings (SSSR count). The van der Waals surface area contributed by atoms with Crippen molar-refractivity contribution in [2.75, 3.05) is 6.61 Å². The average molecular weight is 398 g/mol. The molecule has 0 aliphatic heterocycles. The first-order chi connectivity index (χ1) is 11.0. The van der Waals surface area contributed by atoms with Gasteiger partial charge in [-0.3, -0.25) is 4.79 Å². The maximum Gasteiger partial charge on any atom is 0.352 e. The Labute approximate surface area is 146 Å². The van der Waals surface area contributed by atoms with E-state index < -0.39 is 5.97 Å². The van der Waals surface area contributed by atoms with Crippen molar-refractivity contribution in [2.45, 2.75) is 26.3 Å². The number of hydrogen-bond donors (Lipinski definition) is 1. The first kappa shape index (κ1) is 17.6. The number of rotatable bonds is 6. The second-order valence-electron chi connectivity index (χ2n) is 4.82. The van der Waals surface area contributed by atoms with Gasteiger partial charge in [-0.2, -0.15) is 0 Å². The molecule has 1 aromatic carbocycles. The second-order valence-corrected chi connectivity index (χ2v) is 6.49. The van der Waals surface area contributed by atoms with E-state index in [1.165, 1.54) is 0 Å². The lowest BCUT2D eigenvalue weighted by Gasteiger charge is -2.14. The number of ether oxygens (including phenoxy) is 1. The number of benzene rings is 1. The Hall–Kier alpha value is -1.80. The molecule has 23 heavy (non-hydrogen) atoms. The molecule has 0 saturated carbocycles. The van der Waals surface area contributed by atoms with Gasteiger partial charge in [0.2, 0.25) is 0 Å². The smallest absolute Gasteiger partial charge is 0.352 e. The predicted octanol–water partition coefficient (Wildman–Crippen LogP) is 2.90. The van der Waals surface area contributed by atoms with E-state index in [0.717, 1.165) is 21.6 Å². The van der Waals surface area contributed by atoms with Crippen molar-refractivity contribution in [2.24, 2.45) is 0 Å². The third-order valence-electron chi connectivity index (χ3n) is 3.16. The number of carbonyl (C=O) groups is 2. The number of aromatic nitrogens is 2. The molecule has 1 amide bonds. The van der Waals surface area contributed by atoms with Gasteiger partial charge in [0.1, 0.15) is 0 Å². The summed E-state index contributed by atoms with van der Waals surface area (Å²) < 4.78 is 9.71. The molecular formula is C15H16BrN3O3S. The van der Waals surface area contributed by atoms with Crippen LogP contribution < -0.4 is 5.32 Å². The Morgan fingerprint density at radius 1 is 1.35 bits per heavy atom. The van der Waals surface area contributed by atoms with Gasteiger partial charge in [-0.25, -0.2) is 4.79 Å². The van der Waals surface area contributed by atoms with Crippen molar-refractivity contribution in [1.29, 1.82) is 0 Å². The topological polar surface area (TPSA) is 81.2 Å². The monoisotopic (exact) mass is 397 g/mol. The molecule has 0 fully saturated rings. The fourth-order valence-electron chi connectivity index (χ4n) is 1.91. The maximum absolute atomic E-state index is 11.9. The summed E-state index contributed by atoms with van der Waals surface area (Å²) in [6.45, 7) is 3.41. The molecular weight excluding hydrogens is 382 g/mol. The maximum atomic E-state index is 11.9. The number of hydrogen-bond acceptors (Lipinski definition) is 6. The van der Waals surface area contributed by atoms with Crippen molar-refractivity contribution in [1.82, 2.24) is 14.9 Å². The third kappa shape index (κ3) is 4.84. The molecule has 0 aliphatic carbocycles. The molecule has 1 heterocycles. The molecule has 0 radical (unpaired) electrons. The fraction of sp³-hybridized carbons (Fsp3) is 0.333. The highest BCUT2D eigenvalue weighted by Crippen LogP contribution is 2.16. The van der Waals surface area contributed by atoms with Crippen LogP contribution in [0.4, 0.5) is 0 Å². The summed E-state index contributed by atoms with van der Waals surface area (Å²) >= 11 is 4.34. The minimum Gasteiger partial charge on any atom is -0.451 e. The van der Waals surface area contributed by atoms with Crippen LogP contribution in [-0.2, 0) is 16.0 Å². The lowest BCUT2D eigenvalue weighted by atomic mass is 10.1. The second kappa shape index (κ2) is 8.16. The molecule has 0 saturated heterocycles. The number of nitrogens with one attached hydrogen (secondary N) is 1. The van der Waals surface area contributed by atoms with Crippen molar-refractivity contribution in [3.05, 3.63) is 44.9 Å². The summed E-state index contributed by atoms with van der Waals surface area (Å²) in [5.41, 5.74) is 1.55. The van der Waals surface area contributed by atoms with Crippen LogP contribution in [-0.4, -0.2) is 28.1 Å². The minimum atomic E-state index is -0.566. The predicted molar refractivity (Wildman–Crippen MR) is 90.3 cm³/mol. The average Bonchev–Trinajstić information content (AvgIpc) is 3.01. The quantitative estimate of drug-likeness (QED) is 0.757. The third-order valence-corrected chi connectivity index (χ3v) is 4.43. The Morgan fingerprint density at radius 2 is 2.04 bits per heavy atom. The number of aryl methyl sites for hydroxylation is 1. The van der Waals surface area contributed by atoms with Gasteiger partial charge in [0.05, 0.1) is 11.7 Å². The summed E-state index contributed by atoms with van der Waals surface area (Å²) in [6.07, 6.45) is 0.591. The summed E-state index contributed by atoms with van der Waals surface area (Å²) in [4.78, 5) is 24.2. The molecule has 0 bridgehead atoms. The van der Waals surface area contributed by atoms with E-state index in [9.17, 15) is 9.59 Å². The number of halogens is 1. The molecule has 0 aliphatic rings. The van der Waals surface area contributed by atoms with E-state index in [-0.39, 0.29) is 18.6 Å². The standard InChI is InChI=1S/C15H16BrN3O3S/c1-3-12-14(23-19-18-12)15(21)22-8-13(20)17-9(2)10-4-6-11(16)7-5-10/h4-7,9H,3,8H2,1-2H3,(H,17,20)/t9-/m0/s1. The van der Waals surface area contributed by atoms with Crippen molar-refractivity contribution in [3.63, 3.8) is 0 Å². The van der Waals surface area contributed by atoms with E-state index in [1.807, 2.05) is 38.1 Å².